The van der Waals surface area contributed by atoms with E-state index in [-0.39, 0.29) is 0 Å². The molecule has 0 aliphatic heterocycles. The van der Waals surface area contributed by atoms with Crippen LogP contribution in [0.1, 0.15) is 89.0 Å². The van der Waals surface area contributed by atoms with Crippen molar-refractivity contribution < 1.29 is 19.4 Å². The Kier molecular flexibility index (Phi) is 14.6. The van der Waals surface area contributed by atoms with Gasteiger partial charge in [0.05, 0.1) is 6.61 Å². The Bertz CT molecular complexity index is 778. The zero-order chi connectivity index (χ0) is 24.3. The van der Waals surface area contributed by atoms with Gasteiger partial charge < -0.3 is 14.6 Å². The van der Waals surface area contributed by atoms with Crippen LogP contribution in [-0.2, 0) is 16.0 Å². The number of rotatable bonds is 20. The van der Waals surface area contributed by atoms with Crippen LogP contribution in [0.15, 0.2) is 36.7 Å². The van der Waals surface area contributed by atoms with Gasteiger partial charge in [0.25, 0.3) is 0 Å². The van der Waals surface area contributed by atoms with Crippen LogP contribution in [0.2, 0.25) is 0 Å². The average molecular weight is 471 g/mol. The Morgan fingerprint density at radius 3 is 1.94 bits per heavy atom. The lowest BCUT2D eigenvalue weighted by molar-refractivity contribution is -0.137. The highest BCUT2D eigenvalue weighted by atomic mass is 16.5. The highest BCUT2D eigenvalue weighted by molar-refractivity contribution is 5.66. The molecule has 6 nitrogen and oxygen atoms in total. The SMILES string of the molecule is COCCCCCCOc1ccc(-c2ncc(CCCCCCCCCCC(=O)O)cn2)cc1. The van der Waals surface area contributed by atoms with E-state index in [0.29, 0.717) is 6.42 Å². The topological polar surface area (TPSA) is 81.5 Å². The normalized spacial score (nSPS) is 11.0. The molecule has 1 heterocycles. The van der Waals surface area contributed by atoms with E-state index in [4.69, 9.17) is 14.6 Å². The van der Waals surface area contributed by atoms with Crippen molar-refractivity contribution in [2.45, 2.75) is 89.9 Å². The van der Waals surface area contributed by atoms with Crippen LogP contribution in [0.25, 0.3) is 11.4 Å². The lowest BCUT2D eigenvalue weighted by atomic mass is 10.0. The molecule has 6 heteroatoms. The molecule has 2 aromatic rings. The number of nitrogens with zero attached hydrogens (tertiary/aromatic N) is 2. The summed E-state index contributed by atoms with van der Waals surface area (Å²) in [5, 5.41) is 8.63. The number of methoxy groups -OCH3 is 1. The van der Waals surface area contributed by atoms with Crippen molar-refractivity contribution in [3.63, 3.8) is 0 Å². The first-order valence-corrected chi connectivity index (χ1v) is 12.9. The van der Waals surface area contributed by atoms with E-state index in [9.17, 15) is 4.79 Å². The molecule has 0 amide bonds. The van der Waals surface area contributed by atoms with Crippen LogP contribution < -0.4 is 4.74 Å². The molecule has 188 valence electrons. The molecular formula is C28H42N2O4. The minimum absolute atomic E-state index is 0.302. The molecule has 1 N–H and O–H groups in total. The molecule has 0 fully saturated rings. The van der Waals surface area contributed by atoms with Gasteiger partial charge in [-0.15, -0.1) is 0 Å². The fraction of sp³-hybridized carbons (Fsp3) is 0.607. The van der Waals surface area contributed by atoms with Gasteiger partial charge in [-0.3, -0.25) is 4.79 Å². The minimum atomic E-state index is -0.685. The predicted octanol–water partition coefficient (Wildman–Crippen LogP) is 6.87. The number of aromatic nitrogens is 2. The summed E-state index contributed by atoms with van der Waals surface area (Å²) >= 11 is 0. The number of carboxylic acid groups (broad SMARTS) is 1. The van der Waals surface area contributed by atoms with E-state index in [2.05, 4.69) is 9.97 Å². The van der Waals surface area contributed by atoms with Gasteiger partial charge in [0.1, 0.15) is 5.75 Å². The molecule has 0 bridgehead atoms. The molecule has 2 rings (SSSR count). The largest absolute Gasteiger partial charge is 0.494 e. The van der Waals surface area contributed by atoms with Crippen molar-refractivity contribution in [2.75, 3.05) is 20.3 Å². The molecule has 34 heavy (non-hydrogen) atoms. The van der Waals surface area contributed by atoms with E-state index in [1.807, 2.05) is 36.7 Å². The summed E-state index contributed by atoms with van der Waals surface area (Å²) in [6, 6.07) is 8.02. The van der Waals surface area contributed by atoms with Crippen LogP contribution in [0.5, 0.6) is 5.75 Å². The molecule has 1 aromatic carbocycles. The van der Waals surface area contributed by atoms with Gasteiger partial charge in [-0.1, -0.05) is 44.9 Å². The van der Waals surface area contributed by atoms with Gasteiger partial charge in [-0.2, -0.15) is 0 Å². The Labute approximate surface area is 205 Å². The average Bonchev–Trinajstić information content (AvgIpc) is 2.85. The summed E-state index contributed by atoms with van der Waals surface area (Å²) in [6.07, 6.45) is 18.7. The number of ether oxygens (including phenoxy) is 2. The summed E-state index contributed by atoms with van der Waals surface area (Å²) in [7, 11) is 1.74. The van der Waals surface area contributed by atoms with E-state index < -0.39 is 5.97 Å². The zero-order valence-corrected chi connectivity index (χ0v) is 20.8. The first kappa shape index (κ1) is 27.8. The number of carboxylic acids is 1. The first-order chi connectivity index (χ1) is 16.7. The molecule has 0 radical (unpaired) electrons. The minimum Gasteiger partial charge on any atom is -0.494 e. The Balaban J connectivity index is 1.57. The van der Waals surface area contributed by atoms with E-state index in [1.54, 1.807) is 7.11 Å². The van der Waals surface area contributed by atoms with Gasteiger partial charge in [0.15, 0.2) is 5.82 Å². The van der Waals surface area contributed by atoms with Crippen LogP contribution in [-0.4, -0.2) is 41.4 Å². The van der Waals surface area contributed by atoms with Gasteiger partial charge in [0.2, 0.25) is 0 Å². The molecule has 0 unspecified atom stereocenters. The van der Waals surface area contributed by atoms with Crippen molar-refractivity contribution in [3.05, 3.63) is 42.2 Å². The van der Waals surface area contributed by atoms with Crippen LogP contribution in [0, 0.1) is 0 Å². The van der Waals surface area contributed by atoms with E-state index in [0.717, 1.165) is 81.7 Å². The number of aryl methyl sites for hydroxylation is 1. The monoisotopic (exact) mass is 470 g/mol. The van der Waals surface area contributed by atoms with Crippen LogP contribution in [0.4, 0.5) is 0 Å². The maximum Gasteiger partial charge on any atom is 0.303 e. The molecule has 1 aromatic heterocycles. The number of hydrogen-bond donors (Lipinski definition) is 1. The summed E-state index contributed by atoms with van der Waals surface area (Å²) in [4.78, 5) is 19.6. The van der Waals surface area contributed by atoms with Gasteiger partial charge >= 0.3 is 5.97 Å². The lowest BCUT2D eigenvalue weighted by Crippen LogP contribution is -1.98. The van der Waals surface area contributed by atoms with Gasteiger partial charge in [-0.25, -0.2) is 9.97 Å². The van der Waals surface area contributed by atoms with Crippen LogP contribution in [0.3, 0.4) is 0 Å². The highest BCUT2D eigenvalue weighted by Gasteiger charge is 2.03. The second-order valence-electron chi connectivity index (χ2n) is 8.92. The number of carbonyl (C=O) groups is 1. The Hall–Kier alpha value is -2.47. The fourth-order valence-electron chi connectivity index (χ4n) is 3.89. The first-order valence-electron chi connectivity index (χ1n) is 12.9. The fourth-order valence-corrected chi connectivity index (χ4v) is 3.89. The molecule has 0 saturated heterocycles. The third kappa shape index (κ3) is 12.7. The molecule has 0 atom stereocenters. The number of aliphatic carboxylic acids is 1. The second-order valence-corrected chi connectivity index (χ2v) is 8.92. The van der Waals surface area contributed by atoms with E-state index >= 15 is 0 Å². The highest BCUT2D eigenvalue weighted by Crippen LogP contribution is 2.20. The van der Waals surface area contributed by atoms with Crippen molar-refractivity contribution in [3.8, 4) is 17.1 Å². The predicted molar refractivity (Wildman–Crippen MR) is 136 cm³/mol. The Morgan fingerprint density at radius 2 is 1.32 bits per heavy atom. The number of benzene rings is 1. The van der Waals surface area contributed by atoms with Gasteiger partial charge in [-0.05, 0) is 68.4 Å². The van der Waals surface area contributed by atoms with Crippen molar-refractivity contribution >= 4 is 5.97 Å². The number of unbranched alkanes of at least 4 members (excludes halogenated alkanes) is 10. The summed E-state index contributed by atoms with van der Waals surface area (Å²) < 4.78 is 10.9. The molecule has 0 spiro atoms. The standard InChI is InChI=1S/C28H42N2O4/c1-33-20-12-8-9-13-21-34-26-18-16-25(17-19-26)28-29-22-24(23-30-28)14-10-6-4-2-3-5-7-11-15-27(31)32/h16-19,22-23H,2-15,20-21H2,1H3,(H,31,32). The van der Waals surface area contributed by atoms with Gasteiger partial charge in [0, 0.05) is 38.1 Å². The molecule has 0 aliphatic rings. The third-order valence-electron chi connectivity index (χ3n) is 5.94. The number of hydrogen-bond acceptors (Lipinski definition) is 5. The smallest absolute Gasteiger partial charge is 0.303 e. The quantitative estimate of drug-likeness (QED) is 0.213. The maximum absolute atomic E-state index is 10.5. The molecule has 0 saturated carbocycles. The van der Waals surface area contributed by atoms with Crippen molar-refractivity contribution in [2.24, 2.45) is 0 Å². The summed E-state index contributed by atoms with van der Waals surface area (Å²) in [5.41, 5.74) is 2.18. The zero-order valence-electron chi connectivity index (χ0n) is 20.8. The third-order valence-corrected chi connectivity index (χ3v) is 5.94. The summed E-state index contributed by atoms with van der Waals surface area (Å²) in [6.45, 7) is 1.58. The second kappa shape index (κ2) is 17.9. The maximum atomic E-state index is 10.5. The van der Waals surface area contributed by atoms with Crippen molar-refractivity contribution in [1.29, 1.82) is 0 Å². The summed E-state index contributed by atoms with van der Waals surface area (Å²) in [5.74, 6) is 0.949. The van der Waals surface area contributed by atoms with Crippen molar-refractivity contribution in [1.82, 2.24) is 9.97 Å². The molecular weight excluding hydrogens is 428 g/mol. The van der Waals surface area contributed by atoms with E-state index in [1.165, 1.54) is 37.7 Å². The Morgan fingerprint density at radius 1 is 0.765 bits per heavy atom. The lowest BCUT2D eigenvalue weighted by Gasteiger charge is -2.07. The molecule has 0 aliphatic carbocycles. The van der Waals surface area contributed by atoms with Crippen LogP contribution >= 0.6 is 0 Å².